The molecule has 0 aliphatic carbocycles. The molecule has 35 heavy (non-hydrogen) atoms. The summed E-state index contributed by atoms with van der Waals surface area (Å²) < 4.78 is 32.8. The molecular formula is C27H24O8. The number of hydrogen-bond donors (Lipinski definition) is 0. The molecule has 8 nitrogen and oxygen atoms in total. The van der Waals surface area contributed by atoms with Crippen molar-refractivity contribution in [3.63, 3.8) is 0 Å². The highest BCUT2D eigenvalue weighted by molar-refractivity contribution is 6.15. The third-order valence-electron chi connectivity index (χ3n) is 5.57. The van der Waals surface area contributed by atoms with E-state index in [2.05, 4.69) is 0 Å². The molecule has 0 amide bonds. The lowest BCUT2D eigenvalue weighted by Crippen LogP contribution is -2.09. The fourth-order valence-corrected chi connectivity index (χ4v) is 3.69. The summed E-state index contributed by atoms with van der Waals surface area (Å²) in [4.78, 5) is 25.7. The molecule has 3 aromatic rings. The van der Waals surface area contributed by atoms with Gasteiger partial charge in [0.2, 0.25) is 5.78 Å². The van der Waals surface area contributed by atoms with Crippen LogP contribution >= 0.6 is 0 Å². The summed E-state index contributed by atoms with van der Waals surface area (Å²) >= 11 is 0. The number of carbonyl (C=O) groups is 2. The number of carbonyl (C=O) groups excluding carboxylic acids is 2. The normalized spacial score (nSPS) is 13.2. The lowest BCUT2D eigenvalue weighted by atomic mass is 10.1. The number of esters is 1. The Balaban J connectivity index is 1.64. The Hall–Kier alpha value is -4.46. The van der Waals surface area contributed by atoms with Gasteiger partial charge in [0.05, 0.1) is 39.6 Å². The molecule has 0 atom stereocenters. The predicted molar refractivity (Wildman–Crippen MR) is 128 cm³/mol. The van der Waals surface area contributed by atoms with Crippen LogP contribution in [-0.2, 0) is 0 Å². The van der Waals surface area contributed by atoms with Crippen LogP contribution < -0.4 is 28.4 Å². The van der Waals surface area contributed by atoms with Crippen LogP contribution in [0.5, 0.6) is 34.5 Å². The molecule has 0 saturated heterocycles. The second-order valence-corrected chi connectivity index (χ2v) is 7.58. The first-order valence-electron chi connectivity index (χ1n) is 10.6. The van der Waals surface area contributed by atoms with Crippen molar-refractivity contribution < 1.29 is 38.0 Å². The second kappa shape index (κ2) is 9.80. The van der Waals surface area contributed by atoms with E-state index in [4.69, 9.17) is 28.4 Å². The highest BCUT2D eigenvalue weighted by Crippen LogP contribution is 2.41. The fourth-order valence-electron chi connectivity index (χ4n) is 3.69. The number of ketones is 1. The summed E-state index contributed by atoms with van der Waals surface area (Å²) in [5.74, 6) is 1.85. The van der Waals surface area contributed by atoms with Crippen molar-refractivity contribution >= 4 is 17.8 Å². The largest absolute Gasteiger partial charge is 0.497 e. The molecule has 1 aliphatic rings. The monoisotopic (exact) mass is 476 g/mol. The molecule has 0 unspecified atom stereocenters. The summed E-state index contributed by atoms with van der Waals surface area (Å²) in [6.07, 6.45) is 1.57. The SMILES string of the molecule is COc1cccc(C(=O)Oc2ccc3c(c2C)O/C(=C\c2cc(OC)c(OC)cc2OC)C3=O)c1. The fraction of sp³-hybridized carbons (Fsp3) is 0.185. The minimum absolute atomic E-state index is 0.102. The maximum absolute atomic E-state index is 13.0. The number of methoxy groups -OCH3 is 4. The molecule has 0 spiro atoms. The molecular weight excluding hydrogens is 452 g/mol. The van der Waals surface area contributed by atoms with Gasteiger partial charge < -0.3 is 28.4 Å². The molecule has 180 valence electrons. The first-order valence-corrected chi connectivity index (χ1v) is 10.6. The van der Waals surface area contributed by atoms with Crippen LogP contribution in [0.15, 0.2) is 54.3 Å². The van der Waals surface area contributed by atoms with Gasteiger partial charge in [-0.25, -0.2) is 4.79 Å². The molecule has 3 aromatic carbocycles. The molecule has 0 bridgehead atoms. The van der Waals surface area contributed by atoms with Gasteiger partial charge in [0.1, 0.15) is 23.0 Å². The van der Waals surface area contributed by atoms with E-state index >= 15 is 0 Å². The minimum Gasteiger partial charge on any atom is -0.497 e. The molecule has 1 heterocycles. The number of rotatable bonds is 7. The van der Waals surface area contributed by atoms with Gasteiger partial charge in [-0.15, -0.1) is 0 Å². The standard InChI is InChI=1S/C27H24O8/c1-15-20(35-27(29)16-7-6-8-18(11-16)30-2)10-9-19-25(28)24(34-26(15)19)13-17-12-22(32-4)23(33-5)14-21(17)31-3/h6-14H,1-5H3/b24-13-. The van der Waals surface area contributed by atoms with Gasteiger partial charge >= 0.3 is 5.97 Å². The Morgan fingerprint density at radius 1 is 0.829 bits per heavy atom. The quantitative estimate of drug-likeness (QED) is 0.271. The van der Waals surface area contributed by atoms with Crippen molar-refractivity contribution in [1.29, 1.82) is 0 Å². The summed E-state index contributed by atoms with van der Waals surface area (Å²) in [5, 5.41) is 0. The third-order valence-corrected chi connectivity index (χ3v) is 5.57. The van der Waals surface area contributed by atoms with Crippen molar-refractivity contribution in [3.05, 3.63) is 76.5 Å². The average Bonchev–Trinajstić information content (AvgIpc) is 3.20. The molecule has 4 rings (SSSR count). The third kappa shape index (κ3) is 4.50. The highest BCUT2D eigenvalue weighted by atomic mass is 16.5. The van der Waals surface area contributed by atoms with E-state index in [1.807, 2.05) is 0 Å². The van der Waals surface area contributed by atoms with Crippen LogP contribution in [0.25, 0.3) is 6.08 Å². The summed E-state index contributed by atoms with van der Waals surface area (Å²) in [6, 6.07) is 13.2. The minimum atomic E-state index is -0.554. The zero-order valence-electron chi connectivity index (χ0n) is 20.0. The molecule has 0 aromatic heterocycles. The van der Waals surface area contributed by atoms with Gasteiger partial charge in [0.25, 0.3) is 0 Å². The number of ether oxygens (including phenoxy) is 6. The zero-order valence-corrected chi connectivity index (χ0v) is 20.0. The van der Waals surface area contributed by atoms with Gasteiger partial charge in [0.15, 0.2) is 17.3 Å². The Labute approximate surface area is 202 Å². The van der Waals surface area contributed by atoms with E-state index in [0.29, 0.717) is 51.0 Å². The van der Waals surface area contributed by atoms with Crippen molar-refractivity contribution in [1.82, 2.24) is 0 Å². The molecule has 0 radical (unpaired) electrons. The van der Waals surface area contributed by atoms with E-state index in [1.165, 1.54) is 28.4 Å². The van der Waals surface area contributed by atoms with E-state index in [0.717, 1.165) is 0 Å². The van der Waals surface area contributed by atoms with Crippen LogP contribution in [0.3, 0.4) is 0 Å². The molecule has 0 saturated carbocycles. The van der Waals surface area contributed by atoms with Gasteiger partial charge in [-0.1, -0.05) is 6.07 Å². The van der Waals surface area contributed by atoms with Crippen LogP contribution in [0.2, 0.25) is 0 Å². The lowest BCUT2D eigenvalue weighted by Gasteiger charge is -2.12. The molecule has 8 heteroatoms. The van der Waals surface area contributed by atoms with Crippen LogP contribution in [0, 0.1) is 6.92 Å². The Morgan fingerprint density at radius 3 is 2.23 bits per heavy atom. The average molecular weight is 476 g/mol. The number of allylic oxidation sites excluding steroid dienone is 1. The van der Waals surface area contributed by atoms with E-state index in [9.17, 15) is 9.59 Å². The first-order chi connectivity index (χ1) is 16.9. The Bertz CT molecular complexity index is 1340. The number of fused-ring (bicyclic) bond motifs is 1. The predicted octanol–water partition coefficient (Wildman–Crippen LogP) is 4.86. The Morgan fingerprint density at radius 2 is 1.54 bits per heavy atom. The summed E-state index contributed by atoms with van der Waals surface area (Å²) in [7, 11) is 6.08. The summed E-state index contributed by atoms with van der Waals surface area (Å²) in [6.45, 7) is 1.72. The number of benzene rings is 3. The lowest BCUT2D eigenvalue weighted by molar-refractivity contribution is 0.0732. The molecule has 0 N–H and O–H groups in total. The van der Waals surface area contributed by atoms with E-state index in [-0.39, 0.29) is 17.3 Å². The highest BCUT2D eigenvalue weighted by Gasteiger charge is 2.31. The van der Waals surface area contributed by atoms with Crippen LogP contribution in [0.1, 0.15) is 31.8 Å². The van der Waals surface area contributed by atoms with Crippen molar-refractivity contribution in [3.8, 4) is 34.5 Å². The van der Waals surface area contributed by atoms with E-state index in [1.54, 1.807) is 61.5 Å². The van der Waals surface area contributed by atoms with Crippen molar-refractivity contribution in [2.45, 2.75) is 6.92 Å². The molecule has 0 fully saturated rings. The van der Waals surface area contributed by atoms with Gasteiger partial charge in [-0.05, 0) is 49.4 Å². The summed E-state index contributed by atoms with van der Waals surface area (Å²) in [5.41, 5.74) is 1.80. The number of hydrogen-bond acceptors (Lipinski definition) is 8. The zero-order chi connectivity index (χ0) is 25.1. The smallest absolute Gasteiger partial charge is 0.343 e. The topological polar surface area (TPSA) is 89.5 Å². The maximum atomic E-state index is 13.0. The van der Waals surface area contributed by atoms with Crippen molar-refractivity contribution in [2.24, 2.45) is 0 Å². The van der Waals surface area contributed by atoms with E-state index < -0.39 is 5.97 Å². The van der Waals surface area contributed by atoms with Gasteiger partial charge in [0, 0.05) is 17.2 Å². The molecule has 1 aliphatic heterocycles. The van der Waals surface area contributed by atoms with Crippen LogP contribution in [-0.4, -0.2) is 40.2 Å². The first kappa shape index (κ1) is 23.7. The maximum Gasteiger partial charge on any atom is 0.343 e. The van der Waals surface area contributed by atoms with Gasteiger partial charge in [-0.2, -0.15) is 0 Å². The number of Topliss-reactive ketones (excluding diaryl/α,β-unsaturated/α-hetero) is 1. The van der Waals surface area contributed by atoms with Gasteiger partial charge in [-0.3, -0.25) is 4.79 Å². The van der Waals surface area contributed by atoms with Crippen LogP contribution in [0.4, 0.5) is 0 Å². The Kier molecular flexibility index (Phi) is 6.64. The second-order valence-electron chi connectivity index (χ2n) is 7.58. The van der Waals surface area contributed by atoms with Crippen molar-refractivity contribution in [2.75, 3.05) is 28.4 Å².